The summed E-state index contributed by atoms with van der Waals surface area (Å²) in [5, 5.41) is 8.66. The van der Waals surface area contributed by atoms with Crippen molar-refractivity contribution >= 4 is 5.97 Å². The minimum atomic E-state index is -0.726. The van der Waals surface area contributed by atoms with Crippen LogP contribution >= 0.6 is 0 Å². The molecule has 0 unspecified atom stereocenters. The Morgan fingerprint density at radius 2 is 2.45 bits per heavy atom. The molecule has 1 aliphatic carbocycles. The van der Waals surface area contributed by atoms with Crippen molar-refractivity contribution in [3.8, 4) is 0 Å². The van der Waals surface area contributed by atoms with Crippen LogP contribution in [0.3, 0.4) is 0 Å². The van der Waals surface area contributed by atoms with Crippen LogP contribution in [0.5, 0.6) is 0 Å². The lowest BCUT2D eigenvalue weighted by Crippen LogP contribution is -2.23. The molecule has 0 aromatic heterocycles. The van der Waals surface area contributed by atoms with E-state index in [1.807, 2.05) is 12.2 Å². The molecule has 1 rings (SSSR count). The number of hydrogen-bond acceptors (Lipinski definition) is 2. The minimum Gasteiger partial charge on any atom is -0.481 e. The molecule has 0 amide bonds. The van der Waals surface area contributed by atoms with Crippen molar-refractivity contribution < 1.29 is 14.6 Å². The number of carboxylic acid groups (broad SMARTS) is 1. The molecular formula is C8H12O3. The molecule has 0 radical (unpaired) electrons. The number of carbonyl (C=O) groups is 1. The Labute approximate surface area is 65.7 Å². The van der Waals surface area contributed by atoms with Gasteiger partial charge in [-0.05, 0) is 12.8 Å². The molecule has 3 heteroatoms. The lowest BCUT2D eigenvalue weighted by Gasteiger charge is -2.19. The lowest BCUT2D eigenvalue weighted by molar-refractivity contribution is -0.142. The molecule has 0 heterocycles. The molecule has 62 valence electrons. The minimum absolute atomic E-state index is 0.00940. The maximum Gasteiger partial charge on any atom is 0.306 e. The highest BCUT2D eigenvalue weighted by Crippen LogP contribution is 2.20. The summed E-state index contributed by atoms with van der Waals surface area (Å²) in [4.78, 5) is 10.5. The second kappa shape index (κ2) is 3.53. The van der Waals surface area contributed by atoms with E-state index in [0.29, 0.717) is 12.8 Å². The van der Waals surface area contributed by atoms with Crippen molar-refractivity contribution in [2.75, 3.05) is 7.11 Å². The molecule has 0 aromatic rings. The van der Waals surface area contributed by atoms with Crippen molar-refractivity contribution in [3.05, 3.63) is 12.2 Å². The van der Waals surface area contributed by atoms with Gasteiger partial charge in [-0.3, -0.25) is 4.79 Å². The molecule has 0 aromatic carbocycles. The number of carboxylic acids is 1. The van der Waals surface area contributed by atoms with Crippen LogP contribution in [0.4, 0.5) is 0 Å². The van der Waals surface area contributed by atoms with Crippen LogP contribution in [-0.2, 0) is 9.53 Å². The van der Waals surface area contributed by atoms with E-state index in [1.165, 1.54) is 0 Å². The molecule has 0 spiro atoms. The van der Waals surface area contributed by atoms with Gasteiger partial charge in [-0.25, -0.2) is 0 Å². The first-order chi connectivity index (χ1) is 5.24. The van der Waals surface area contributed by atoms with E-state index in [-0.39, 0.29) is 12.0 Å². The largest absolute Gasteiger partial charge is 0.481 e. The highest BCUT2D eigenvalue weighted by Gasteiger charge is 2.22. The molecule has 1 aliphatic rings. The van der Waals surface area contributed by atoms with E-state index in [9.17, 15) is 4.79 Å². The standard InChI is InChI=1S/C8H12O3/c1-11-7-4-2-3-6(5-7)8(9)10/h2,4,6-7H,3,5H2,1H3,(H,9,10)/t6-,7+/m1/s1. The SMILES string of the molecule is CO[C@H]1C=CC[C@@H](C(=O)O)C1. The highest BCUT2D eigenvalue weighted by atomic mass is 16.5. The van der Waals surface area contributed by atoms with Gasteiger partial charge in [0.1, 0.15) is 0 Å². The fourth-order valence-corrected chi connectivity index (χ4v) is 1.23. The summed E-state index contributed by atoms with van der Waals surface area (Å²) in [6.07, 6.45) is 5.01. The van der Waals surface area contributed by atoms with E-state index < -0.39 is 5.97 Å². The predicted octanol–water partition coefficient (Wildman–Crippen LogP) is 1.05. The molecule has 0 saturated heterocycles. The normalized spacial score (nSPS) is 30.3. The first kappa shape index (κ1) is 8.27. The van der Waals surface area contributed by atoms with Gasteiger partial charge in [0.05, 0.1) is 12.0 Å². The third-order valence-corrected chi connectivity index (χ3v) is 1.94. The van der Waals surface area contributed by atoms with Gasteiger partial charge in [0, 0.05) is 7.11 Å². The van der Waals surface area contributed by atoms with E-state index in [1.54, 1.807) is 7.11 Å². The number of allylic oxidation sites excluding steroid dienone is 1. The molecule has 3 nitrogen and oxygen atoms in total. The fraction of sp³-hybridized carbons (Fsp3) is 0.625. The number of ether oxygens (including phenoxy) is 1. The molecule has 0 saturated carbocycles. The van der Waals surface area contributed by atoms with Gasteiger partial charge in [-0.15, -0.1) is 0 Å². The van der Waals surface area contributed by atoms with E-state index >= 15 is 0 Å². The quantitative estimate of drug-likeness (QED) is 0.608. The summed E-state index contributed by atoms with van der Waals surface area (Å²) < 4.78 is 5.02. The lowest BCUT2D eigenvalue weighted by atomic mass is 9.93. The molecule has 11 heavy (non-hydrogen) atoms. The van der Waals surface area contributed by atoms with E-state index in [2.05, 4.69) is 0 Å². The van der Waals surface area contributed by atoms with E-state index in [0.717, 1.165) is 0 Å². The van der Waals surface area contributed by atoms with Gasteiger partial charge in [-0.2, -0.15) is 0 Å². The molecule has 0 bridgehead atoms. The highest BCUT2D eigenvalue weighted by molar-refractivity contribution is 5.70. The Hall–Kier alpha value is -0.830. The van der Waals surface area contributed by atoms with Crippen molar-refractivity contribution in [2.45, 2.75) is 18.9 Å². The van der Waals surface area contributed by atoms with Crippen LogP contribution in [0.15, 0.2) is 12.2 Å². The molecular weight excluding hydrogens is 144 g/mol. The Morgan fingerprint density at radius 3 is 3.00 bits per heavy atom. The predicted molar refractivity (Wildman–Crippen MR) is 40.3 cm³/mol. The second-order valence-corrected chi connectivity index (χ2v) is 2.71. The number of hydrogen-bond donors (Lipinski definition) is 1. The first-order valence-corrected chi connectivity index (χ1v) is 3.66. The Morgan fingerprint density at radius 1 is 1.73 bits per heavy atom. The Kier molecular flexibility index (Phi) is 2.65. The average molecular weight is 156 g/mol. The molecule has 2 atom stereocenters. The van der Waals surface area contributed by atoms with Gasteiger partial charge < -0.3 is 9.84 Å². The summed E-state index contributed by atoms with van der Waals surface area (Å²) in [6, 6.07) is 0. The zero-order valence-corrected chi connectivity index (χ0v) is 6.49. The smallest absolute Gasteiger partial charge is 0.306 e. The molecule has 0 fully saturated rings. The monoisotopic (exact) mass is 156 g/mol. The number of methoxy groups -OCH3 is 1. The van der Waals surface area contributed by atoms with Gasteiger partial charge >= 0.3 is 5.97 Å². The summed E-state index contributed by atoms with van der Waals surface area (Å²) >= 11 is 0. The second-order valence-electron chi connectivity index (χ2n) is 2.71. The van der Waals surface area contributed by atoms with Crippen molar-refractivity contribution in [1.29, 1.82) is 0 Å². The van der Waals surface area contributed by atoms with E-state index in [4.69, 9.17) is 9.84 Å². The maximum atomic E-state index is 10.5. The van der Waals surface area contributed by atoms with Crippen LogP contribution in [-0.4, -0.2) is 24.3 Å². The molecule has 0 aliphatic heterocycles. The topological polar surface area (TPSA) is 46.5 Å². The van der Waals surface area contributed by atoms with Crippen molar-refractivity contribution in [1.82, 2.24) is 0 Å². The van der Waals surface area contributed by atoms with Crippen molar-refractivity contribution in [2.24, 2.45) is 5.92 Å². The summed E-state index contributed by atoms with van der Waals surface area (Å²) in [5.74, 6) is -0.985. The summed E-state index contributed by atoms with van der Waals surface area (Å²) in [6.45, 7) is 0. The van der Waals surface area contributed by atoms with Gasteiger partial charge in [0.15, 0.2) is 0 Å². The van der Waals surface area contributed by atoms with Crippen molar-refractivity contribution in [3.63, 3.8) is 0 Å². The third-order valence-electron chi connectivity index (χ3n) is 1.94. The van der Waals surface area contributed by atoms with Crippen LogP contribution < -0.4 is 0 Å². The Balaban J connectivity index is 2.51. The van der Waals surface area contributed by atoms with Gasteiger partial charge in [-0.1, -0.05) is 12.2 Å². The third kappa shape index (κ3) is 2.05. The van der Waals surface area contributed by atoms with Gasteiger partial charge in [0.25, 0.3) is 0 Å². The summed E-state index contributed by atoms with van der Waals surface area (Å²) in [5.41, 5.74) is 0. The first-order valence-electron chi connectivity index (χ1n) is 3.66. The summed E-state index contributed by atoms with van der Waals surface area (Å²) in [7, 11) is 1.60. The number of rotatable bonds is 2. The zero-order valence-electron chi connectivity index (χ0n) is 6.49. The van der Waals surface area contributed by atoms with Crippen LogP contribution in [0, 0.1) is 5.92 Å². The molecule has 1 N–H and O–H groups in total. The fourth-order valence-electron chi connectivity index (χ4n) is 1.23. The Bertz CT molecular complexity index is 174. The zero-order chi connectivity index (χ0) is 8.27. The van der Waals surface area contributed by atoms with Crippen LogP contribution in [0.1, 0.15) is 12.8 Å². The number of aliphatic carboxylic acids is 1. The van der Waals surface area contributed by atoms with Gasteiger partial charge in [0.2, 0.25) is 0 Å². The maximum absolute atomic E-state index is 10.5. The van der Waals surface area contributed by atoms with Crippen LogP contribution in [0.2, 0.25) is 0 Å². The average Bonchev–Trinajstić information content (AvgIpc) is 2.05. The van der Waals surface area contributed by atoms with Crippen LogP contribution in [0.25, 0.3) is 0 Å².